The molecule has 0 fully saturated rings. The van der Waals surface area contributed by atoms with Gasteiger partial charge in [0.1, 0.15) is 0 Å². The van der Waals surface area contributed by atoms with Crippen LogP contribution in [0.1, 0.15) is 41.6 Å². The van der Waals surface area contributed by atoms with Crippen molar-refractivity contribution in [3.8, 4) is 0 Å². The Morgan fingerprint density at radius 1 is 0.926 bits per heavy atom. The molecule has 27 heavy (non-hydrogen) atoms. The van der Waals surface area contributed by atoms with Crippen LogP contribution < -0.4 is 5.32 Å². The number of alkyl halides is 3. The Morgan fingerprint density at radius 2 is 1.67 bits per heavy atom. The highest BCUT2D eigenvalue weighted by Crippen LogP contribution is 2.30. The maximum absolute atomic E-state index is 12.8. The van der Waals surface area contributed by atoms with Crippen LogP contribution in [0.2, 0.25) is 0 Å². The third-order valence-corrected chi connectivity index (χ3v) is 4.99. The largest absolute Gasteiger partial charge is 0.416 e. The number of nitrogens with one attached hydrogen (secondary N) is 1. The van der Waals surface area contributed by atoms with Crippen LogP contribution in [0.15, 0.2) is 60.7 Å². The minimum absolute atomic E-state index is 0.178. The van der Waals surface area contributed by atoms with Gasteiger partial charge in [-0.1, -0.05) is 54.6 Å². The third-order valence-electron chi connectivity index (χ3n) is 4.99. The first kappa shape index (κ1) is 19.4. The van der Waals surface area contributed by atoms with Crippen molar-refractivity contribution in [1.82, 2.24) is 5.32 Å². The van der Waals surface area contributed by atoms with Crippen LogP contribution in [0, 0.1) is 6.92 Å². The monoisotopic (exact) mass is 371 g/mol. The smallest absolute Gasteiger partial charge is 0.310 e. The highest BCUT2D eigenvalue weighted by Gasteiger charge is 2.30. The molecule has 0 aliphatic heterocycles. The summed E-state index contributed by atoms with van der Waals surface area (Å²) in [6.45, 7) is 4.99. The highest BCUT2D eigenvalue weighted by molar-refractivity contribution is 5.88. The van der Waals surface area contributed by atoms with Gasteiger partial charge in [0.25, 0.3) is 0 Å². The van der Waals surface area contributed by atoms with Gasteiger partial charge in [-0.2, -0.15) is 13.2 Å². The fraction of sp³-hybridized carbons (Fsp3) is 0.304. The van der Waals surface area contributed by atoms with Crippen molar-refractivity contribution >= 4 is 10.8 Å². The van der Waals surface area contributed by atoms with E-state index in [4.69, 9.17) is 0 Å². The normalized spacial score (nSPS) is 13.1. The Morgan fingerprint density at radius 3 is 2.41 bits per heavy atom. The van der Waals surface area contributed by atoms with Gasteiger partial charge in [0, 0.05) is 6.04 Å². The maximum atomic E-state index is 12.8. The van der Waals surface area contributed by atoms with Gasteiger partial charge in [0.15, 0.2) is 0 Å². The lowest BCUT2D eigenvalue weighted by atomic mass is 9.96. The molecule has 0 amide bonds. The summed E-state index contributed by atoms with van der Waals surface area (Å²) in [6.07, 6.45) is -2.87. The summed E-state index contributed by atoms with van der Waals surface area (Å²) in [5.41, 5.74) is 2.65. The maximum Gasteiger partial charge on any atom is 0.416 e. The van der Waals surface area contributed by atoms with Crippen molar-refractivity contribution in [1.29, 1.82) is 0 Å². The molecule has 1 nitrogen and oxygen atoms in total. The van der Waals surface area contributed by atoms with Gasteiger partial charge in [0.05, 0.1) is 5.56 Å². The number of hydrogen-bond acceptors (Lipinski definition) is 1. The van der Waals surface area contributed by atoms with Gasteiger partial charge in [0.2, 0.25) is 0 Å². The molecule has 0 aliphatic rings. The number of hydrogen-bond donors (Lipinski definition) is 1. The van der Waals surface area contributed by atoms with Crippen LogP contribution >= 0.6 is 0 Å². The summed E-state index contributed by atoms with van der Waals surface area (Å²) in [7, 11) is 0. The van der Waals surface area contributed by atoms with Gasteiger partial charge in [-0.3, -0.25) is 0 Å². The van der Waals surface area contributed by atoms with E-state index in [1.54, 1.807) is 6.07 Å². The quantitative estimate of drug-likeness (QED) is 0.491. The zero-order valence-corrected chi connectivity index (χ0v) is 15.6. The van der Waals surface area contributed by atoms with Gasteiger partial charge in [-0.25, -0.2) is 0 Å². The zero-order valence-electron chi connectivity index (χ0n) is 15.6. The molecule has 0 bridgehead atoms. The van der Waals surface area contributed by atoms with Crippen molar-refractivity contribution in [2.45, 2.75) is 38.9 Å². The lowest BCUT2D eigenvalue weighted by Crippen LogP contribution is -2.20. The number of benzene rings is 3. The predicted molar refractivity (Wildman–Crippen MR) is 105 cm³/mol. The standard InChI is InChI=1S/C23H24F3N/c1-16-12-13-21(22-11-4-3-10-20(16)22)17(2)27-14-6-8-18-7-5-9-19(15-18)23(24,25)26/h3-5,7,9-13,15,17,27H,6,8,14H2,1-2H3/t17-/m1/s1. The second-order valence-corrected chi connectivity index (χ2v) is 6.99. The number of halogens is 3. The Labute approximate surface area is 158 Å². The average Bonchev–Trinajstić information content (AvgIpc) is 2.65. The molecule has 4 heteroatoms. The van der Waals surface area contributed by atoms with E-state index in [9.17, 15) is 13.2 Å². The number of aryl methyl sites for hydroxylation is 2. The lowest BCUT2D eigenvalue weighted by molar-refractivity contribution is -0.137. The summed E-state index contributed by atoms with van der Waals surface area (Å²) in [4.78, 5) is 0. The summed E-state index contributed by atoms with van der Waals surface area (Å²) in [5.74, 6) is 0. The Bertz CT molecular complexity index is 915. The first-order chi connectivity index (χ1) is 12.9. The molecule has 1 N–H and O–H groups in total. The van der Waals surface area contributed by atoms with Crippen LogP contribution in [0.4, 0.5) is 13.2 Å². The van der Waals surface area contributed by atoms with E-state index < -0.39 is 11.7 Å². The van der Waals surface area contributed by atoms with Crippen LogP contribution in [0.5, 0.6) is 0 Å². The third kappa shape index (κ3) is 4.69. The van der Waals surface area contributed by atoms with Gasteiger partial charge >= 0.3 is 6.18 Å². The molecule has 0 unspecified atom stereocenters. The molecular formula is C23H24F3N. The molecule has 1 atom stereocenters. The molecular weight excluding hydrogens is 347 g/mol. The summed E-state index contributed by atoms with van der Waals surface area (Å²) >= 11 is 0. The van der Waals surface area contributed by atoms with Crippen molar-refractivity contribution < 1.29 is 13.2 Å². The van der Waals surface area contributed by atoms with E-state index in [1.165, 1.54) is 34.0 Å². The molecule has 0 aliphatic carbocycles. The van der Waals surface area contributed by atoms with Crippen molar-refractivity contribution in [2.24, 2.45) is 0 Å². The Hall–Kier alpha value is -2.33. The predicted octanol–water partition coefficient (Wildman–Crippen LogP) is 6.45. The van der Waals surface area contributed by atoms with Crippen molar-refractivity contribution in [2.75, 3.05) is 6.54 Å². The number of rotatable bonds is 6. The van der Waals surface area contributed by atoms with Gasteiger partial charge < -0.3 is 5.32 Å². The van der Waals surface area contributed by atoms with Crippen molar-refractivity contribution in [3.63, 3.8) is 0 Å². The summed E-state index contributed by atoms with van der Waals surface area (Å²) in [5, 5.41) is 6.01. The van der Waals surface area contributed by atoms with Gasteiger partial charge in [-0.05, 0) is 66.8 Å². The number of fused-ring (bicyclic) bond motifs is 1. The van der Waals surface area contributed by atoms with Crippen LogP contribution in [0.25, 0.3) is 10.8 Å². The second kappa shape index (κ2) is 8.13. The van der Waals surface area contributed by atoms with E-state index >= 15 is 0 Å². The highest BCUT2D eigenvalue weighted by atomic mass is 19.4. The van der Waals surface area contributed by atoms with E-state index in [0.29, 0.717) is 6.42 Å². The molecule has 0 saturated carbocycles. The molecule has 0 radical (unpaired) electrons. The zero-order chi connectivity index (χ0) is 19.4. The topological polar surface area (TPSA) is 12.0 Å². The lowest BCUT2D eigenvalue weighted by Gasteiger charge is -2.18. The average molecular weight is 371 g/mol. The molecule has 0 spiro atoms. The Kier molecular flexibility index (Phi) is 5.85. The van der Waals surface area contributed by atoms with E-state index in [1.807, 2.05) is 12.1 Å². The SMILES string of the molecule is Cc1ccc([C@@H](C)NCCCc2cccc(C(F)(F)F)c2)c2ccccc12. The van der Waals surface area contributed by atoms with Gasteiger partial charge in [-0.15, -0.1) is 0 Å². The first-order valence-corrected chi connectivity index (χ1v) is 9.24. The molecule has 3 aromatic carbocycles. The van der Waals surface area contributed by atoms with Crippen LogP contribution in [-0.2, 0) is 12.6 Å². The molecule has 0 heterocycles. The van der Waals surface area contributed by atoms with E-state index in [0.717, 1.165) is 24.6 Å². The van der Waals surface area contributed by atoms with E-state index in [-0.39, 0.29) is 6.04 Å². The molecule has 0 saturated heterocycles. The van der Waals surface area contributed by atoms with Crippen LogP contribution in [0.3, 0.4) is 0 Å². The molecule has 3 rings (SSSR count). The molecule has 142 valence electrons. The first-order valence-electron chi connectivity index (χ1n) is 9.24. The summed E-state index contributed by atoms with van der Waals surface area (Å²) in [6, 6.07) is 18.4. The van der Waals surface area contributed by atoms with Crippen molar-refractivity contribution in [3.05, 3.63) is 82.9 Å². The van der Waals surface area contributed by atoms with Crippen LogP contribution in [-0.4, -0.2) is 6.54 Å². The minimum Gasteiger partial charge on any atom is -0.310 e. The molecule has 3 aromatic rings. The summed E-state index contributed by atoms with van der Waals surface area (Å²) < 4.78 is 38.4. The molecule has 0 aromatic heterocycles. The van der Waals surface area contributed by atoms with E-state index in [2.05, 4.69) is 43.4 Å². The Balaban J connectivity index is 1.60. The second-order valence-electron chi connectivity index (χ2n) is 6.99. The fourth-order valence-corrected chi connectivity index (χ4v) is 3.47. The minimum atomic E-state index is -4.28. The fourth-order valence-electron chi connectivity index (χ4n) is 3.47.